The van der Waals surface area contributed by atoms with Gasteiger partial charge in [0.05, 0.1) is 5.52 Å². The van der Waals surface area contributed by atoms with Gasteiger partial charge in [-0.15, -0.1) is 11.8 Å². The van der Waals surface area contributed by atoms with Gasteiger partial charge in [0.25, 0.3) is 0 Å². The van der Waals surface area contributed by atoms with Gasteiger partial charge in [0, 0.05) is 28.7 Å². The van der Waals surface area contributed by atoms with Crippen molar-refractivity contribution in [2.45, 2.75) is 11.4 Å². The largest absolute Gasteiger partial charge is 0.381 e. The molecule has 0 spiro atoms. The Morgan fingerprint density at radius 3 is 2.60 bits per heavy atom. The van der Waals surface area contributed by atoms with Crippen molar-refractivity contribution >= 4 is 28.4 Å². The van der Waals surface area contributed by atoms with Crippen molar-refractivity contribution in [2.24, 2.45) is 0 Å². The molecular weight excluding hydrogens is 264 g/mol. The Kier molecular flexibility index (Phi) is 3.88. The number of aromatic nitrogens is 1. The van der Waals surface area contributed by atoms with Gasteiger partial charge >= 0.3 is 0 Å². The Morgan fingerprint density at radius 1 is 1.00 bits per heavy atom. The number of nitrogens with zero attached hydrogens (tertiary/aromatic N) is 1. The molecule has 0 atom stereocenters. The molecule has 0 fully saturated rings. The molecule has 0 amide bonds. The molecule has 0 radical (unpaired) electrons. The lowest BCUT2D eigenvalue weighted by Gasteiger charge is -2.09. The SMILES string of the molecule is CSc1ccc(NCc2ccnc3ccccc23)cc1. The van der Waals surface area contributed by atoms with Crippen molar-refractivity contribution in [3.8, 4) is 0 Å². The van der Waals surface area contributed by atoms with Crippen LogP contribution in [-0.2, 0) is 6.54 Å². The zero-order valence-corrected chi connectivity index (χ0v) is 12.2. The average molecular weight is 280 g/mol. The highest BCUT2D eigenvalue weighted by molar-refractivity contribution is 7.98. The number of benzene rings is 2. The molecule has 100 valence electrons. The molecular formula is C17H16N2S. The van der Waals surface area contributed by atoms with Crippen LogP contribution in [0.1, 0.15) is 5.56 Å². The van der Waals surface area contributed by atoms with Gasteiger partial charge < -0.3 is 5.32 Å². The molecule has 1 heterocycles. The molecule has 0 unspecified atom stereocenters. The Bertz CT molecular complexity index is 702. The number of nitrogens with one attached hydrogen (secondary N) is 1. The number of thioether (sulfide) groups is 1. The van der Waals surface area contributed by atoms with E-state index >= 15 is 0 Å². The van der Waals surface area contributed by atoms with Crippen LogP contribution in [0.4, 0.5) is 5.69 Å². The first kappa shape index (κ1) is 13.0. The Balaban J connectivity index is 1.79. The summed E-state index contributed by atoms with van der Waals surface area (Å²) in [5.74, 6) is 0. The molecule has 0 bridgehead atoms. The zero-order valence-electron chi connectivity index (χ0n) is 11.3. The zero-order chi connectivity index (χ0) is 13.8. The standard InChI is InChI=1S/C17H16N2S/c1-20-15-8-6-14(7-9-15)19-12-13-10-11-18-17-5-3-2-4-16(13)17/h2-11,19H,12H2,1H3. The quantitative estimate of drug-likeness (QED) is 0.709. The van der Waals surface area contributed by atoms with Crippen molar-refractivity contribution in [2.75, 3.05) is 11.6 Å². The molecule has 0 aliphatic rings. The maximum atomic E-state index is 4.39. The molecule has 1 N–H and O–H groups in total. The van der Waals surface area contributed by atoms with E-state index in [4.69, 9.17) is 0 Å². The van der Waals surface area contributed by atoms with E-state index in [2.05, 4.69) is 59.0 Å². The lowest BCUT2D eigenvalue weighted by molar-refractivity contribution is 1.15. The van der Waals surface area contributed by atoms with Crippen LogP contribution < -0.4 is 5.32 Å². The minimum absolute atomic E-state index is 0.807. The molecule has 1 aromatic heterocycles. The highest BCUT2D eigenvalue weighted by atomic mass is 32.2. The third-order valence-electron chi connectivity index (χ3n) is 3.31. The summed E-state index contributed by atoms with van der Waals surface area (Å²) >= 11 is 1.76. The van der Waals surface area contributed by atoms with Crippen molar-refractivity contribution in [1.82, 2.24) is 4.98 Å². The van der Waals surface area contributed by atoms with Crippen molar-refractivity contribution < 1.29 is 0 Å². The van der Waals surface area contributed by atoms with Crippen molar-refractivity contribution in [3.05, 3.63) is 66.4 Å². The summed E-state index contributed by atoms with van der Waals surface area (Å²) < 4.78 is 0. The second-order valence-corrected chi connectivity index (χ2v) is 5.45. The predicted molar refractivity (Wildman–Crippen MR) is 87.3 cm³/mol. The minimum Gasteiger partial charge on any atom is -0.381 e. The highest BCUT2D eigenvalue weighted by Gasteiger charge is 2.01. The smallest absolute Gasteiger partial charge is 0.0705 e. The number of para-hydroxylation sites is 1. The highest BCUT2D eigenvalue weighted by Crippen LogP contribution is 2.20. The summed E-state index contributed by atoms with van der Waals surface area (Å²) in [6.45, 7) is 0.807. The Morgan fingerprint density at radius 2 is 1.80 bits per heavy atom. The van der Waals surface area contributed by atoms with Gasteiger partial charge in [-0.3, -0.25) is 4.98 Å². The van der Waals surface area contributed by atoms with Crippen LogP contribution in [0.3, 0.4) is 0 Å². The van der Waals surface area contributed by atoms with Crippen LogP contribution >= 0.6 is 11.8 Å². The first-order valence-electron chi connectivity index (χ1n) is 6.57. The van der Waals surface area contributed by atoms with E-state index < -0.39 is 0 Å². The number of anilines is 1. The monoisotopic (exact) mass is 280 g/mol. The molecule has 20 heavy (non-hydrogen) atoms. The molecule has 3 heteroatoms. The number of fused-ring (bicyclic) bond motifs is 1. The molecule has 0 saturated carbocycles. The first-order chi connectivity index (χ1) is 9.86. The van der Waals surface area contributed by atoms with Crippen molar-refractivity contribution in [1.29, 1.82) is 0 Å². The van der Waals surface area contributed by atoms with Gasteiger partial charge in [0.1, 0.15) is 0 Å². The normalized spacial score (nSPS) is 10.7. The van der Waals surface area contributed by atoms with Crippen LogP contribution in [0.25, 0.3) is 10.9 Å². The number of hydrogen-bond donors (Lipinski definition) is 1. The van der Waals surface area contributed by atoms with Gasteiger partial charge in [-0.1, -0.05) is 18.2 Å². The minimum atomic E-state index is 0.807. The van der Waals surface area contributed by atoms with Gasteiger partial charge in [-0.2, -0.15) is 0 Å². The average Bonchev–Trinajstić information content (AvgIpc) is 2.53. The van der Waals surface area contributed by atoms with Gasteiger partial charge in [-0.25, -0.2) is 0 Å². The fourth-order valence-electron chi connectivity index (χ4n) is 2.22. The van der Waals surface area contributed by atoms with Crippen LogP contribution in [0.2, 0.25) is 0 Å². The maximum absolute atomic E-state index is 4.39. The van der Waals surface area contributed by atoms with Crippen LogP contribution in [-0.4, -0.2) is 11.2 Å². The lowest BCUT2D eigenvalue weighted by atomic mass is 10.1. The fraction of sp³-hybridized carbons (Fsp3) is 0.118. The molecule has 2 aromatic carbocycles. The van der Waals surface area contributed by atoms with Gasteiger partial charge in [0.2, 0.25) is 0 Å². The van der Waals surface area contributed by atoms with E-state index in [9.17, 15) is 0 Å². The molecule has 0 aliphatic carbocycles. The third kappa shape index (κ3) is 2.78. The van der Waals surface area contributed by atoms with E-state index in [0.29, 0.717) is 0 Å². The summed E-state index contributed by atoms with van der Waals surface area (Å²) in [5, 5.41) is 4.68. The number of rotatable bonds is 4. The molecule has 3 rings (SSSR count). The third-order valence-corrected chi connectivity index (χ3v) is 4.06. The molecule has 0 aliphatic heterocycles. The second-order valence-electron chi connectivity index (χ2n) is 4.57. The lowest BCUT2D eigenvalue weighted by Crippen LogP contribution is -2.00. The summed E-state index contributed by atoms with van der Waals surface area (Å²) in [7, 11) is 0. The summed E-state index contributed by atoms with van der Waals surface area (Å²) in [6.07, 6.45) is 3.96. The Hall–Kier alpha value is -2.00. The van der Waals surface area contributed by atoms with E-state index in [1.54, 1.807) is 11.8 Å². The topological polar surface area (TPSA) is 24.9 Å². The van der Waals surface area contributed by atoms with E-state index in [1.807, 2.05) is 18.3 Å². The molecule has 3 aromatic rings. The maximum Gasteiger partial charge on any atom is 0.0705 e. The van der Waals surface area contributed by atoms with Gasteiger partial charge in [0.15, 0.2) is 0 Å². The van der Waals surface area contributed by atoms with Crippen LogP contribution in [0.5, 0.6) is 0 Å². The van der Waals surface area contributed by atoms with E-state index in [-0.39, 0.29) is 0 Å². The van der Waals surface area contributed by atoms with Crippen LogP contribution in [0.15, 0.2) is 65.7 Å². The number of pyridine rings is 1. The second kappa shape index (κ2) is 5.97. The fourth-order valence-corrected chi connectivity index (χ4v) is 2.62. The predicted octanol–water partition coefficient (Wildman–Crippen LogP) is 4.57. The summed E-state index contributed by atoms with van der Waals surface area (Å²) in [4.78, 5) is 5.67. The Labute approximate surface area is 123 Å². The van der Waals surface area contributed by atoms with E-state index in [0.717, 1.165) is 17.7 Å². The van der Waals surface area contributed by atoms with Crippen LogP contribution in [0, 0.1) is 0 Å². The van der Waals surface area contributed by atoms with Gasteiger partial charge in [-0.05, 0) is 48.2 Å². The summed E-state index contributed by atoms with van der Waals surface area (Å²) in [6, 6.07) is 18.8. The number of hydrogen-bond acceptors (Lipinski definition) is 3. The molecule has 0 saturated heterocycles. The first-order valence-corrected chi connectivity index (χ1v) is 7.80. The van der Waals surface area contributed by atoms with Crippen molar-refractivity contribution in [3.63, 3.8) is 0 Å². The summed E-state index contributed by atoms with van der Waals surface area (Å²) in [5.41, 5.74) is 3.46. The van der Waals surface area contributed by atoms with E-state index in [1.165, 1.54) is 15.8 Å². The molecule has 2 nitrogen and oxygen atoms in total.